The molecule has 0 spiro atoms. The van der Waals surface area contributed by atoms with Crippen molar-refractivity contribution in [2.75, 3.05) is 14.2 Å². The van der Waals surface area contributed by atoms with Gasteiger partial charge in [-0.2, -0.15) is 4.39 Å². The predicted octanol–water partition coefficient (Wildman–Crippen LogP) is 7.83. The summed E-state index contributed by atoms with van der Waals surface area (Å²) in [5, 5.41) is 0. The highest BCUT2D eigenvalue weighted by molar-refractivity contribution is 5.65. The summed E-state index contributed by atoms with van der Waals surface area (Å²) < 4.78 is 68.0. The Labute approximate surface area is 197 Å². The Morgan fingerprint density at radius 1 is 0.706 bits per heavy atom. The van der Waals surface area contributed by atoms with Crippen molar-refractivity contribution in [2.24, 2.45) is 5.92 Å². The second-order valence-corrected chi connectivity index (χ2v) is 8.87. The lowest BCUT2D eigenvalue weighted by molar-refractivity contribution is 0.303. The first-order chi connectivity index (χ1) is 16.4. The standard InChI is InChI=1S/C28H28F4O2/c1-33-21-12-9-19(10-13-21)23-15-14-22(26(30)27(23)31)18-6-3-17(4-7-18)5-8-20-11-16-24(34-2)28(32)25(20)29/h9-18H,3-8H2,1-2H3. The molecule has 0 aliphatic heterocycles. The van der Waals surface area contributed by atoms with E-state index in [1.807, 2.05) is 0 Å². The van der Waals surface area contributed by atoms with Crippen LogP contribution in [0.3, 0.4) is 0 Å². The van der Waals surface area contributed by atoms with Crippen LogP contribution < -0.4 is 9.47 Å². The predicted molar refractivity (Wildman–Crippen MR) is 124 cm³/mol. The topological polar surface area (TPSA) is 18.5 Å². The van der Waals surface area contributed by atoms with Crippen molar-refractivity contribution in [3.63, 3.8) is 0 Å². The maximum absolute atomic E-state index is 15.0. The SMILES string of the molecule is COc1ccc(-c2ccc(C3CCC(CCc4ccc(OC)c(F)c4F)CC3)c(F)c2F)cc1. The molecule has 0 bridgehead atoms. The lowest BCUT2D eigenvalue weighted by Gasteiger charge is -2.29. The Balaban J connectivity index is 1.38. The molecule has 0 unspecified atom stereocenters. The highest BCUT2D eigenvalue weighted by Crippen LogP contribution is 2.40. The monoisotopic (exact) mass is 472 g/mol. The molecule has 0 atom stereocenters. The molecular formula is C28H28F4O2. The van der Waals surface area contributed by atoms with Crippen molar-refractivity contribution < 1.29 is 27.0 Å². The normalized spacial score (nSPS) is 18.1. The molecule has 0 radical (unpaired) electrons. The van der Waals surface area contributed by atoms with Crippen molar-refractivity contribution in [3.05, 3.63) is 82.9 Å². The number of hydrogen-bond donors (Lipinski definition) is 0. The van der Waals surface area contributed by atoms with Crippen molar-refractivity contribution in [3.8, 4) is 22.6 Å². The fraction of sp³-hybridized carbons (Fsp3) is 0.357. The molecule has 3 aromatic carbocycles. The zero-order chi connectivity index (χ0) is 24.2. The van der Waals surface area contributed by atoms with Crippen molar-refractivity contribution in [1.82, 2.24) is 0 Å². The maximum Gasteiger partial charge on any atom is 0.200 e. The minimum absolute atomic E-state index is 0.0502. The van der Waals surface area contributed by atoms with Gasteiger partial charge in [0.1, 0.15) is 5.75 Å². The second kappa shape index (κ2) is 10.5. The summed E-state index contributed by atoms with van der Waals surface area (Å²) in [7, 11) is 2.85. The summed E-state index contributed by atoms with van der Waals surface area (Å²) in [6, 6.07) is 13.2. The highest BCUT2D eigenvalue weighted by atomic mass is 19.2. The molecule has 1 fully saturated rings. The molecule has 0 saturated heterocycles. The van der Waals surface area contributed by atoms with Gasteiger partial charge < -0.3 is 9.47 Å². The molecule has 3 aromatic rings. The third-order valence-corrected chi connectivity index (χ3v) is 6.97. The number of methoxy groups -OCH3 is 2. The molecule has 4 rings (SSSR count). The summed E-state index contributed by atoms with van der Waals surface area (Å²) in [5.41, 5.74) is 1.57. The fourth-order valence-electron chi connectivity index (χ4n) is 4.92. The van der Waals surface area contributed by atoms with Crippen LogP contribution in [-0.2, 0) is 6.42 Å². The van der Waals surface area contributed by atoms with Gasteiger partial charge in [-0.05, 0) is 85.3 Å². The van der Waals surface area contributed by atoms with E-state index >= 15 is 4.39 Å². The van der Waals surface area contributed by atoms with Crippen LogP contribution in [0.1, 0.15) is 49.1 Å². The molecule has 1 saturated carbocycles. The van der Waals surface area contributed by atoms with Crippen LogP contribution in [0.5, 0.6) is 11.5 Å². The smallest absolute Gasteiger partial charge is 0.200 e. The lowest BCUT2D eigenvalue weighted by atomic mass is 9.76. The lowest BCUT2D eigenvalue weighted by Crippen LogP contribution is -2.16. The van der Waals surface area contributed by atoms with Gasteiger partial charge in [0.2, 0.25) is 5.82 Å². The van der Waals surface area contributed by atoms with E-state index in [-0.39, 0.29) is 17.2 Å². The number of rotatable bonds is 7. The Morgan fingerprint density at radius 3 is 2.06 bits per heavy atom. The maximum atomic E-state index is 15.0. The molecule has 0 N–H and O–H groups in total. The molecule has 0 amide bonds. The van der Waals surface area contributed by atoms with Crippen molar-refractivity contribution in [1.29, 1.82) is 0 Å². The summed E-state index contributed by atoms with van der Waals surface area (Å²) in [5.74, 6) is -2.60. The van der Waals surface area contributed by atoms with E-state index in [0.717, 1.165) is 32.1 Å². The van der Waals surface area contributed by atoms with Gasteiger partial charge in [-0.3, -0.25) is 0 Å². The van der Waals surface area contributed by atoms with Gasteiger partial charge in [-0.15, -0.1) is 0 Å². The average Bonchev–Trinajstić information content (AvgIpc) is 2.87. The zero-order valence-corrected chi connectivity index (χ0v) is 19.3. The zero-order valence-electron chi connectivity index (χ0n) is 19.3. The van der Waals surface area contributed by atoms with Crippen LogP contribution in [-0.4, -0.2) is 14.2 Å². The van der Waals surface area contributed by atoms with Gasteiger partial charge in [0.25, 0.3) is 0 Å². The van der Waals surface area contributed by atoms with Crippen LogP contribution in [0.2, 0.25) is 0 Å². The van der Waals surface area contributed by atoms with E-state index in [1.165, 1.54) is 13.2 Å². The second-order valence-electron chi connectivity index (χ2n) is 8.87. The van der Waals surface area contributed by atoms with Gasteiger partial charge in [0.05, 0.1) is 14.2 Å². The number of halogens is 4. The molecule has 180 valence electrons. The van der Waals surface area contributed by atoms with Crippen molar-refractivity contribution in [2.45, 2.75) is 44.4 Å². The quantitative estimate of drug-likeness (QED) is 0.326. The molecular weight excluding hydrogens is 444 g/mol. The van der Waals surface area contributed by atoms with Crippen LogP contribution in [0.25, 0.3) is 11.1 Å². The van der Waals surface area contributed by atoms with E-state index in [9.17, 15) is 13.2 Å². The molecule has 1 aliphatic carbocycles. The first-order valence-electron chi connectivity index (χ1n) is 11.6. The molecule has 6 heteroatoms. The van der Waals surface area contributed by atoms with Gasteiger partial charge in [-0.1, -0.05) is 30.3 Å². The van der Waals surface area contributed by atoms with Crippen LogP contribution in [0.15, 0.2) is 48.5 Å². The summed E-state index contributed by atoms with van der Waals surface area (Å²) in [6.07, 6.45) is 4.31. The van der Waals surface area contributed by atoms with E-state index in [0.29, 0.717) is 34.8 Å². The largest absolute Gasteiger partial charge is 0.497 e. The third-order valence-electron chi connectivity index (χ3n) is 6.97. The number of ether oxygens (including phenoxy) is 2. The van der Waals surface area contributed by atoms with E-state index < -0.39 is 23.3 Å². The van der Waals surface area contributed by atoms with E-state index in [2.05, 4.69) is 0 Å². The van der Waals surface area contributed by atoms with E-state index in [4.69, 9.17) is 9.47 Å². The van der Waals surface area contributed by atoms with E-state index in [1.54, 1.807) is 49.6 Å². The summed E-state index contributed by atoms with van der Waals surface area (Å²) in [4.78, 5) is 0. The van der Waals surface area contributed by atoms with Crippen molar-refractivity contribution >= 4 is 0 Å². The van der Waals surface area contributed by atoms with Crippen LogP contribution in [0, 0.1) is 29.2 Å². The van der Waals surface area contributed by atoms with Crippen LogP contribution >= 0.6 is 0 Å². The third kappa shape index (κ3) is 4.91. The van der Waals surface area contributed by atoms with Gasteiger partial charge >= 0.3 is 0 Å². The first-order valence-corrected chi connectivity index (χ1v) is 11.6. The number of benzene rings is 3. The average molecular weight is 473 g/mol. The van der Waals surface area contributed by atoms with Crippen LogP contribution in [0.4, 0.5) is 17.6 Å². The fourth-order valence-corrected chi connectivity index (χ4v) is 4.92. The Hall–Kier alpha value is -3.02. The Morgan fingerprint density at radius 2 is 1.41 bits per heavy atom. The Kier molecular flexibility index (Phi) is 7.44. The first kappa shape index (κ1) is 24.1. The molecule has 0 aromatic heterocycles. The minimum atomic E-state index is -0.959. The van der Waals surface area contributed by atoms with Gasteiger partial charge in [0, 0.05) is 5.56 Å². The minimum Gasteiger partial charge on any atom is -0.497 e. The highest BCUT2D eigenvalue weighted by Gasteiger charge is 2.27. The summed E-state index contributed by atoms with van der Waals surface area (Å²) >= 11 is 0. The molecule has 34 heavy (non-hydrogen) atoms. The number of aryl methyl sites for hydroxylation is 1. The Bertz CT molecular complexity index is 1140. The molecule has 0 heterocycles. The summed E-state index contributed by atoms with van der Waals surface area (Å²) in [6.45, 7) is 0. The van der Waals surface area contributed by atoms with Gasteiger partial charge in [-0.25, -0.2) is 13.2 Å². The number of hydrogen-bond acceptors (Lipinski definition) is 2. The molecule has 2 nitrogen and oxygen atoms in total. The van der Waals surface area contributed by atoms with Gasteiger partial charge in [0.15, 0.2) is 23.2 Å². The molecule has 1 aliphatic rings.